The van der Waals surface area contributed by atoms with Gasteiger partial charge in [-0.3, -0.25) is 4.79 Å². The van der Waals surface area contributed by atoms with Crippen LogP contribution in [0.15, 0.2) is 41.0 Å². The average molecular weight is 292 g/mol. The summed E-state index contributed by atoms with van der Waals surface area (Å²) in [6.45, 7) is 1.85. The molecule has 0 fully saturated rings. The number of hydrogen-bond acceptors (Lipinski definition) is 3. The fraction of sp³-hybridized carbons (Fsp3) is 0.0769. The van der Waals surface area contributed by atoms with Crippen molar-refractivity contribution >= 4 is 22.2 Å². The fourth-order valence-electron chi connectivity index (χ4n) is 1.40. The lowest BCUT2D eigenvalue weighted by molar-refractivity contribution is 0.112. The van der Waals surface area contributed by atoms with E-state index in [0.717, 1.165) is 16.3 Å². The molecular formula is C13H10BrNO2. The van der Waals surface area contributed by atoms with E-state index in [2.05, 4.69) is 20.9 Å². The van der Waals surface area contributed by atoms with E-state index >= 15 is 0 Å². The third-order valence-electron chi connectivity index (χ3n) is 2.20. The van der Waals surface area contributed by atoms with Gasteiger partial charge in [0.15, 0.2) is 6.29 Å². The molecule has 17 heavy (non-hydrogen) atoms. The van der Waals surface area contributed by atoms with E-state index in [1.165, 1.54) is 6.20 Å². The quantitative estimate of drug-likeness (QED) is 0.809. The van der Waals surface area contributed by atoms with Crippen molar-refractivity contribution in [3.05, 3.63) is 52.1 Å². The third kappa shape index (κ3) is 2.91. The molecule has 4 heteroatoms. The van der Waals surface area contributed by atoms with Crippen LogP contribution >= 0.6 is 15.9 Å². The van der Waals surface area contributed by atoms with Crippen molar-refractivity contribution in [2.45, 2.75) is 6.92 Å². The lowest BCUT2D eigenvalue weighted by atomic mass is 10.2. The summed E-state index contributed by atoms with van der Waals surface area (Å²) in [5, 5.41) is 0. The Kier molecular flexibility index (Phi) is 3.54. The van der Waals surface area contributed by atoms with Crippen molar-refractivity contribution < 1.29 is 9.53 Å². The number of aromatic nitrogens is 1. The average Bonchev–Trinajstić information content (AvgIpc) is 2.32. The summed E-state index contributed by atoms with van der Waals surface area (Å²) < 4.78 is 6.57. The molecule has 0 saturated carbocycles. The number of rotatable bonds is 3. The Bertz CT molecular complexity index is 555. The lowest BCUT2D eigenvalue weighted by Crippen LogP contribution is -1.93. The van der Waals surface area contributed by atoms with Crippen LogP contribution in [0.25, 0.3) is 0 Å². The van der Waals surface area contributed by atoms with Gasteiger partial charge in [0.1, 0.15) is 5.75 Å². The van der Waals surface area contributed by atoms with Gasteiger partial charge in [-0.2, -0.15) is 0 Å². The second kappa shape index (κ2) is 5.10. The molecule has 86 valence electrons. The minimum Gasteiger partial charge on any atom is -0.439 e. The molecule has 0 N–H and O–H groups in total. The molecule has 0 atom stereocenters. The highest BCUT2D eigenvalue weighted by Gasteiger charge is 2.04. The Morgan fingerprint density at radius 1 is 1.35 bits per heavy atom. The first-order chi connectivity index (χ1) is 8.19. The molecule has 0 amide bonds. The van der Waals surface area contributed by atoms with Gasteiger partial charge in [0.2, 0.25) is 5.88 Å². The van der Waals surface area contributed by atoms with Crippen LogP contribution in [-0.4, -0.2) is 11.3 Å². The van der Waals surface area contributed by atoms with Crippen LogP contribution in [0, 0.1) is 6.92 Å². The van der Waals surface area contributed by atoms with Crippen molar-refractivity contribution in [2.24, 2.45) is 0 Å². The molecular weight excluding hydrogens is 282 g/mol. The zero-order valence-electron chi connectivity index (χ0n) is 9.18. The fourth-order valence-corrected chi connectivity index (χ4v) is 1.78. The number of ether oxygens (including phenoxy) is 1. The first-order valence-electron chi connectivity index (χ1n) is 5.04. The summed E-state index contributed by atoms with van der Waals surface area (Å²) in [5.41, 5.74) is 1.37. The molecule has 0 radical (unpaired) electrons. The maximum atomic E-state index is 10.6. The maximum Gasteiger partial charge on any atom is 0.222 e. The number of aldehydes is 1. The molecule has 0 saturated heterocycles. The number of benzene rings is 1. The normalized spacial score (nSPS) is 10.0. The van der Waals surface area contributed by atoms with Gasteiger partial charge in [0, 0.05) is 21.8 Å². The van der Waals surface area contributed by atoms with Crippen molar-refractivity contribution in [3.8, 4) is 11.6 Å². The smallest absolute Gasteiger partial charge is 0.222 e. The minimum absolute atomic E-state index is 0.508. The molecule has 0 bridgehead atoms. The Labute approximate surface area is 108 Å². The van der Waals surface area contributed by atoms with Gasteiger partial charge >= 0.3 is 0 Å². The zero-order valence-corrected chi connectivity index (χ0v) is 10.8. The Hall–Kier alpha value is -1.68. The SMILES string of the molecule is Cc1cc(C=O)cnc1Oc1cccc(Br)c1. The van der Waals surface area contributed by atoms with Crippen LogP contribution in [0.5, 0.6) is 11.6 Å². The van der Waals surface area contributed by atoms with E-state index in [1.54, 1.807) is 6.07 Å². The van der Waals surface area contributed by atoms with Gasteiger partial charge in [-0.1, -0.05) is 22.0 Å². The molecule has 1 aromatic carbocycles. The number of carbonyl (C=O) groups is 1. The molecule has 0 unspecified atom stereocenters. The molecule has 1 heterocycles. The van der Waals surface area contributed by atoms with Crippen LogP contribution in [0.2, 0.25) is 0 Å². The number of halogens is 1. The highest BCUT2D eigenvalue weighted by atomic mass is 79.9. The van der Waals surface area contributed by atoms with Crippen LogP contribution in [0.1, 0.15) is 15.9 Å². The Morgan fingerprint density at radius 2 is 2.18 bits per heavy atom. The topological polar surface area (TPSA) is 39.2 Å². The number of aryl methyl sites for hydroxylation is 1. The standard InChI is InChI=1S/C13H10BrNO2/c1-9-5-10(8-16)7-15-13(9)17-12-4-2-3-11(14)6-12/h2-8H,1H3. The van der Waals surface area contributed by atoms with E-state index in [4.69, 9.17) is 4.74 Å². The van der Waals surface area contributed by atoms with Crippen molar-refractivity contribution in [3.63, 3.8) is 0 Å². The second-order valence-corrected chi connectivity index (χ2v) is 4.48. The molecule has 0 aliphatic rings. The largest absolute Gasteiger partial charge is 0.439 e. The Morgan fingerprint density at radius 3 is 2.82 bits per heavy atom. The summed E-state index contributed by atoms with van der Waals surface area (Å²) in [6.07, 6.45) is 2.26. The summed E-state index contributed by atoms with van der Waals surface area (Å²) in [6, 6.07) is 9.25. The third-order valence-corrected chi connectivity index (χ3v) is 2.69. The van der Waals surface area contributed by atoms with Gasteiger partial charge < -0.3 is 4.74 Å². The molecule has 0 aliphatic heterocycles. The highest BCUT2D eigenvalue weighted by Crippen LogP contribution is 2.25. The lowest BCUT2D eigenvalue weighted by Gasteiger charge is -2.07. The van der Waals surface area contributed by atoms with E-state index in [9.17, 15) is 4.79 Å². The number of hydrogen-bond donors (Lipinski definition) is 0. The molecule has 2 rings (SSSR count). The summed E-state index contributed by atoms with van der Waals surface area (Å²) >= 11 is 3.37. The number of nitrogens with zero attached hydrogens (tertiary/aromatic N) is 1. The van der Waals surface area contributed by atoms with Crippen LogP contribution in [0.4, 0.5) is 0 Å². The van der Waals surface area contributed by atoms with Crippen LogP contribution in [0.3, 0.4) is 0 Å². The van der Waals surface area contributed by atoms with Gasteiger partial charge in [0.05, 0.1) is 0 Å². The predicted molar refractivity (Wildman–Crippen MR) is 68.6 cm³/mol. The van der Waals surface area contributed by atoms with Gasteiger partial charge in [-0.25, -0.2) is 4.98 Å². The van der Waals surface area contributed by atoms with Gasteiger partial charge in [-0.15, -0.1) is 0 Å². The van der Waals surface area contributed by atoms with Crippen LogP contribution in [-0.2, 0) is 0 Å². The monoisotopic (exact) mass is 291 g/mol. The van der Waals surface area contributed by atoms with E-state index in [1.807, 2.05) is 31.2 Å². The maximum absolute atomic E-state index is 10.6. The number of pyridine rings is 1. The minimum atomic E-state index is 0.508. The van der Waals surface area contributed by atoms with E-state index in [0.29, 0.717) is 17.2 Å². The first kappa shape index (κ1) is 11.8. The highest BCUT2D eigenvalue weighted by molar-refractivity contribution is 9.10. The second-order valence-electron chi connectivity index (χ2n) is 3.57. The number of carbonyl (C=O) groups excluding carboxylic acids is 1. The molecule has 3 nitrogen and oxygen atoms in total. The molecule has 1 aromatic heterocycles. The molecule has 2 aromatic rings. The molecule has 0 aliphatic carbocycles. The van der Waals surface area contributed by atoms with Crippen molar-refractivity contribution in [1.29, 1.82) is 0 Å². The van der Waals surface area contributed by atoms with Crippen molar-refractivity contribution in [2.75, 3.05) is 0 Å². The van der Waals surface area contributed by atoms with Crippen molar-refractivity contribution in [1.82, 2.24) is 4.98 Å². The predicted octanol–water partition coefficient (Wildman–Crippen LogP) is 3.76. The van der Waals surface area contributed by atoms with Gasteiger partial charge in [-0.05, 0) is 31.2 Å². The first-order valence-corrected chi connectivity index (χ1v) is 5.83. The van der Waals surface area contributed by atoms with Gasteiger partial charge in [0.25, 0.3) is 0 Å². The zero-order chi connectivity index (χ0) is 12.3. The van der Waals surface area contributed by atoms with E-state index < -0.39 is 0 Å². The molecule has 0 spiro atoms. The summed E-state index contributed by atoms with van der Waals surface area (Å²) in [5.74, 6) is 1.21. The summed E-state index contributed by atoms with van der Waals surface area (Å²) in [4.78, 5) is 14.7. The summed E-state index contributed by atoms with van der Waals surface area (Å²) in [7, 11) is 0. The van der Waals surface area contributed by atoms with E-state index in [-0.39, 0.29) is 0 Å². The van der Waals surface area contributed by atoms with Crippen LogP contribution < -0.4 is 4.74 Å². The Balaban J connectivity index is 2.27.